The molecular weight excluding hydrogens is 506 g/mol. The summed E-state index contributed by atoms with van der Waals surface area (Å²) >= 11 is 0. The summed E-state index contributed by atoms with van der Waals surface area (Å²) in [4.78, 5) is 28.7. The number of hydrogen-bond acceptors (Lipinski definition) is 5. The van der Waals surface area contributed by atoms with Crippen molar-refractivity contribution in [1.29, 1.82) is 0 Å². The maximum absolute atomic E-state index is 14.1. The van der Waals surface area contributed by atoms with E-state index in [1.165, 1.54) is 0 Å². The molecule has 40 heavy (non-hydrogen) atoms. The Morgan fingerprint density at radius 2 is 1.77 bits per heavy atom. The zero-order valence-electron chi connectivity index (χ0n) is 25.2. The van der Waals surface area contributed by atoms with Gasteiger partial charge in [-0.2, -0.15) is 0 Å². The van der Waals surface area contributed by atoms with Crippen molar-refractivity contribution in [1.82, 2.24) is 4.90 Å². The van der Waals surface area contributed by atoms with E-state index >= 15 is 0 Å². The highest BCUT2D eigenvalue weighted by molar-refractivity contribution is 5.88. The smallest absolute Gasteiger partial charge is 0.326 e. The molecule has 0 bridgehead atoms. The number of amides is 1. The normalized spacial score (nSPS) is 25.3. The second-order valence-corrected chi connectivity index (χ2v) is 13.3. The fraction of sp³-hybridized carbons (Fsp3) is 0.576. The lowest BCUT2D eigenvalue weighted by molar-refractivity contribution is -0.156. The molecule has 0 radical (unpaired) electrons. The highest BCUT2D eigenvalue weighted by Crippen LogP contribution is 2.51. The standard InChI is InChI=1S/C33H45NO6/c1-20-12-9-10-13-23(20)27-29(40-19-21-18-22(32(2,3)4)15-16-24(21)38-8)26(33(5,6)7)28(31(36)37)34(27)30(35)25-14-11-17-39-25/h9-10,12-13,15-16,18,25-29H,11,14,17,19H2,1-8H3,(H,36,37)/t25-,26+,27-,28-,29-/m0/s1. The molecule has 2 aromatic carbocycles. The van der Waals surface area contributed by atoms with Gasteiger partial charge in [0.25, 0.3) is 5.91 Å². The highest BCUT2D eigenvalue weighted by Gasteiger charge is 2.59. The number of methoxy groups -OCH3 is 1. The quantitative estimate of drug-likeness (QED) is 0.450. The number of nitrogens with zero attached hydrogens (tertiary/aromatic N) is 1. The van der Waals surface area contributed by atoms with Crippen molar-refractivity contribution in [3.05, 3.63) is 64.7 Å². The van der Waals surface area contributed by atoms with Crippen LogP contribution in [0.25, 0.3) is 0 Å². The molecular formula is C33H45NO6. The van der Waals surface area contributed by atoms with Crippen LogP contribution in [-0.2, 0) is 31.1 Å². The topological polar surface area (TPSA) is 85.3 Å². The number of carbonyl (C=O) groups excluding carboxylic acids is 1. The van der Waals surface area contributed by atoms with E-state index in [4.69, 9.17) is 14.2 Å². The summed E-state index contributed by atoms with van der Waals surface area (Å²) in [7, 11) is 1.64. The van der Waals surface area contributed by atoms with Crippen molar-refractivity contribution in [3.8, 4) is 5.75 Å². The first-order valence-corrected chi connectivity index (χ1v) is 14.3. The van der Waals surface area contributed by atoms with Gasteiger partial charge in [-0.25, -0.2) is 4.79 Å². The van der Waals surface area contributed by atoms with E-state index in [-0.39, 0.29) is 17.9 Å². The van der Waals surface area contributed by atoms with Crippen molar-refractivity contribution in [2.45, 2.75) is 97.6 Å². The first kappa shape index (κ1) is 30.1. The van der Waals surface area contributed by atoms with Gasteiger partial charge in [0.05, 0.1) is 25.9 Å². The van der Waals surface area contributed by atoms with Crippen molar-refractivity contribution in [3.63, 3.8) is 0 Å². The number of ether oxygens (including phenoxy) is 3. The summed E-state index contributed by atoms with van der Waals surface area (Å²) in [6, 6.07) is 12.4. The number of carbonyl (C=O) groups is 2. The van der Waals surface area contributed by atoms with E-state index in [9.17, 15) is 14.7 Å². The van der Waals surface area contributed by atoms with E-state index in [1.54, 1.807) is 12.0 Å². The molecule has 0 spiro atoms. The third kappa shape index (κ3) is 5.91. The average molecular weight is 552 g/mol. The molecule has 2 fully saturated rings. The molecule has 1 amide bonds. The first-order chi connectivity index (χ1) is 18.8. The molecule has 0 saturated carbocycles. The fourth-order valence-corrected chi connectivity index (χ4v) is 6.32. The van der Waals surface area contributed by atoms with Gasteiger partial charge in [-0.05, 0) is 59.4 Å². The van der Waals surface area contributed by atoms with Gasteiger partial charge >= 0.3 is 5.97 Å². The van der Waals surface area contributed by atoms with E-state index in [1.807, 2.05) is 58.0 Å². The minimum atomic E-state index is -1.06. The molecule has 4 rings (SSSR count). The Hall–Kier alpha value is -2.90. The van der Waals surface area contributed by atoms with E-state index in [2.05, 4.69) is 32.9 Å². The number of likely N-dealkylation sites (tertiary alicyclic amines) is 1. The van der Waals surface area contributed by atoms with E-state index < -0.39 is 41.6 Å². The molecule has 2 aliphatic heterocycles. The van der Waals surface area contributed by atoms with Crippen LogP contribution in [0.4, 0.5) is 0 Å². The summed E-state index contributed by atoms with van der Waals surface area (Å²) in [6.07, 6.45) is 0.153. The van der Waals surface area contributed by atoms with Crippen LogP contribution in [0.2, 0.25) is 0 Å². The Kier molecular flexibility index (Phi) is 8.67. The number of aryl methyl sites for hydroxylation is 1. The number of aliphatic carboxylic acids is 1. The summed E-state index contributed by atoms with van der Waals surface area (Å²) < 4.78 is 18.3. The maximum Gasteiger partial charge on any atom is 0.326 e. The molecule has 5 atom stereocenters. The zero-order valence-corrected chi connectivity index (χ0v) is 25.2. The Balaban J connectivity index is 1.84. The van der Waals surface area contributed by atoms with E-state index in [0.717, 1.165) is 28.7 Å². The lowest BCUT2D eigenvalue weighted by atomic mass is 9.73. The Labute approximate surface area is 238 Å². The van der Waals surface area contributed by atoms with Crippen LogP contribution >= 0.6 is 0 Å². The molecule has 2 saturated heterocycles. The third-order valence-corrected chi connectivity index (χ3v) is 8.40. The zero-order chi connectivity index (χ0) is 29.4. The van der Waals surface area contributed by atoms with E-state index in [0.29, 0.717) is 18.8 Å². The number of carboxylic acids is 1. The van der Waals surface area contributed by atoms with Gasteiger partial charge in [0.2, 0.25) is 0 Å². The number of carboxylic acid groups (broad SMARTS) is 1. The summed E-state index contributed by atoms with van der Waals surface area (Å²) in [5, 5.41) is 10.6. The van der Waals surface area contributed by atoms with Crippen molar-refractivity contribution in [2.24, 2.45) is 11.3 Å². The SMILES string of the molecule is COc1ccc(C(C)(C)C)cc1CO[C@H]1[C@H](C(C)(C)C)[C@@H](C(=O)O)N(C(=O)[C@@H]2CCCO2)[C@H]1c1ccccc1C. The van der Waals surface area contributed by atoms with Gasteiger partial charge in [-0.3, -0.25) is 4.79 Å². The van der Waals surface area contributed by atoms with Crippen molar-refractivity contribution in [2.75, 3.05) is 13.7 Å². The molecule has 0 aliphatic carbocycles. The minimum Gasteiger partial charge on any atom is -0.496 e. The highest BCUT2D eigenvalue weighted by atomic mass is 16.5. The molecule has 0 aromatic heterocycles. The average Bonchev–Trinajstić information content (AvgIpc) is 3.53. The second kappa shape index (κ2) is 11.5. The second-order valence-electron chi connectivity index (χ2n) is 13.3. The molecule has 1 N–H and O–H groups in total. The first-order valence-electron chi connectivity index (χ1n) is 14.3. The van der Waals surface area contributed by atoms with Gasteiger partial charge in [0, 0.05) is 18.1 Å². The van der Waals surface area contributed by atoms with Crippen LogP contribution in [0.1, 0.15) is 82.7 Å². The molecule has 2 heterocycles. The molecule has 7 nitrogen and oxygen atoms in total. The summed E-state index contributed by atoms with van der Waals surface area (Å²) in [5.74, 6) is -1.06. The minimum absolute atomic E-state index is 0.0646. The van der Waals surface area contributed by atoms with Gasteiger partial charge < -0.3 is 24.2 Å². The lowest BCUT2D eigenvalue weighted by Crippen LogP contribution is -2.50. The lowest BCUT2D eigenvalue weighted by Gasteiger charge is -2.35. The monoisotopic (exact) mass is 551 g/mol. The predicted molar refractivity (Wildman–Crippen MR) is 154 cm³/mol. The van der Waals surface area contributed by atoms with Crippen LogP contribution < -0.4 is 4.74 Å². The molecule has 218 valence electrons. The number of hydrogen-bond donors (Lipinski definition) is 1. The van der Waals surface area contributed by atoms with Gasteiger partial charge in [-0.15, -0.1) is 0 Å². The van der Waals surface area contributed by atoms with Crippen LogP contribution in [-0.4, -0.2) is 53.8 Å². The van der Waals surface area contributed by atoms with Gasteiger partial charge in [0.1, 0.15) is 17.9 Å². The number of rotatable bonds is 7. The largest absolute Gasteiger partial charge is 0.496 e. The van der Waals surface area contributed by atoms with Crippen LogP contribution in [0.5, 0.6) is 5.75 Å². The molecule has 2 aliphatic rings. The molecule has 0 unspecified atom stereocenters. The van der Waals surface area contributed by atoms with Crippen molar-refractivity contribution < 1.29 is 28.9 Å². The predicted octanol–water partition coefficient (Wildman–Crippen LogP) is 6.06. The number of benzene rings is 2. The Bertz CT molecular complexity index is 1220. The Morgan fingerprint density at radius 3 is 2.33 bits per heavy atom. The van der Waals surface area contributed by atoms with Gasteiger partial charge in [0.15, 0.2) is 0 Å². The summed E-state index contributed by atoms with van der Waals surface area (Å²) in [5.41, 5.74) is 3.38. The van der Waals surface area contributed by atoms with Crippen LogP contribution in [0, 0.1) is 18.3 Å². The molecule has 2 aromatic rings. The molecule has 7 heteroatoms. The third-order valence-electron chi connectivity index (χ3n) is 8.40. The van der Waals surface area contributed by atoms with Gasteiger partial charge in [-0.1, -0.05) is 71.9 Å². The maximum atomic E-state index is 14.1. The summed E-state index contributed by atoms with van der Waals surface area (Å²) in [6.45, 7) is 15.3. The van der Waals surface area contributed by atoms with Crippen LogP contribution in [0.15, 0.2) is 42.5 Å². The Morgan fingerprint density at radius 1 is 1.07 bits per heavy atom. The fourth-order valence-electron chi connectivity index (χ4n) is 6.32. The van der Waals surface area contributed by atoms with Crippen molar-refractivity contribution >= 4 is 11.9 Å². The van der Waals surface area contributed by atoms with Crippen LogP contribution in [0.3, 0.4) is 0 Å².